The minimum Gasteiger partial charge on any atom is -0.456 e. The number of para-hydroxylation sites is 4. The molecule has 1 aliphatic rings. The van der Waals surface area contributed by atoms with Crippen LogP contribution in [0.15, 0.2) is 221 Å². The highest BCUT2D eigenvalue weighted by Crippen LogP contribution is 2.42. The van der Waals surface area contributed by atoms with E-state index in [1.165, 1.54) is 32.9 Å². The Morgan fingerprint density at radius 1 is 0.477 bits per heavy atom. The van der Waals surface area contributed by atoms with E-state index in [0.29, 0.717) is 0 Å². The molecule has 9 aromatic carbocycles. The van der Waals surface area contributed by atoms with Crippen LogP contribution in [0.25, 0.3) is 99.3 Å². The van der Waals surface area contributed by atoms with Crippen molar-refractivity contribution in [2.75, 3.05) is 0 Å². The second-order valence-corrected chi connectivity index (χ2v) is 17.4. The van der Waals surface area contributed by atoms with Crippen molar-refractivity contribution in [2.24, 2.45) is 0 Å². The molecule has 0 aliphatic carbocycles. The van der Waals surface area contributed by atoms with Gasteiger partial charge in [0.2, 0.25) is 0 Å². The van der Waals surface area contributed by atoms with E-state index in [1.807, 2.05) is 12.1 Å². The zero-order valence-corrected chi connectivity index (χ0v) is 35.8. The Balaban J connectivity index is 0.911. The Kier molecular flexibility index (Phi) is 8.65. The molecule has 13 rings (SSSR count). The molecule has 2 N–H and O–H groups in total. The standard InChI is InChI=1S/C60H43N3O2/c1-37-34-51(39-14-4-2-5-15-39)61-60(62-58(37)40-28-26-38(27-29-40)44-20-12-21-47-46-19-9-11-24-54(46)65-59(44)47)48-22-13-25-56-57(48)50-36-42(31-33-55(50)64-56)41-30-32-53-49(35-41)45-18-8-10-23-52(45)63(53)43-16-6-3-7-17-43/h2-33,35-36,51,60-62H,34H2,1H3. The van der Waals surface area contributed by atoms with Crippen LogP contribution in [0.5, 0.6) is 0 Å². The summed E-state index contributed by atoms with van der Waals surface area (Å²) < 4.78 is 15.5. The van der Waals surface area contributed by atoms with E-state index in [9.17, 15) is 0 Å². The molecule has 0 radical (unpaired) electrons. The first-order valence-electron chi connectivity index (χ1n) is 22.5. The van der Waals surface area contributed by atoms with Crippen LogP contribution in [0.3, 0.4) is 0 Å². The lowest BCUT2D eigenvalue weighted by Crippen LogP contribution is -2.34. The average molecular weight is 838 g/mol. The number of aromatic nitrogens is 1. The van der Waals surface area contributed by atoms with Gasteiger partial charge in [-0.25, -0.2) is 0 Å². The average Bonchev–Trinajstić information content (AvgIpc) is 4.01. The van der Waals surface area contributed by atoms with E-state index in [2.05, 4.69) is 216 Å². The number of rotatable bonds is 6. The molecule has 2 atom stereocenters. The lowest BCUT2D eigenvalue weighted by Gasteiger charge is -2.26. The molecule has 0 saturated heterocycles. The van der Waals surface area contributed by atoms with Gasteiger partial charge in [-0.2, -0.15) is 0 Å². The van der Waals surface area contributed by atoms with Gasteiger partial charge in [-0.3, -0.25) is 5.32 Å². The van der Waals surface area contributed by atoms with Crippen LogP contribution in [-0.4, -0.2) is 4.57 Å². The summed E-state index contributed by atoms with van der Waals surface area (Å²) in [6.07, 6.45) is 0.614. The van der Waals surface area contributed by atoms with E-state index < -0.39 is 0 Å². The van der Waals surface area contributed by atoms with Crippen molar-refractivity contribution in [1.29, 1.82) is 0 Å². The predicted octanol–water partition coefficient (Wildman–Crippen LogP) is 15.7. The molecular weight excluding hydrogens is 795 g/mol. The van der Waals surface area contributed by atoms with Gasteiger partial charge in [-0.1, -0.05) is 152 Å². The summed E-state index contributed by atoms with van der Waals surface area (Å²) in [5.74, 6) is 0. The van der Waals surface area contributed by atoms with E-state index >= 15 is 0 Å². The van der Waals surface area contributed by atoms with Gasteiger partial charge in [0, 0.05) is 60.9 Å². The maximum atomic E-state index is 6.66. The van der Waals surface area contributed by atoms with Gasteiger partial charge in [-0.15, -0.1) is 0 Å². The fraction of sp³-hybridized carbons (Fsp3) is 0.0667. The molecule has 12 aromatic rings. The zero-order valence-electron chi connectivity index (χ0n) is 35.8. The smallest absolute Gasteiger partial charge is 0.143 e. The third-order valence-electron chi connectivity index (χ3n) is 13.5. The molecule has 2 unspecified atom stereocenters. The summed E-state index contributed by atoms with van der Waals surface area (Å²) >= 11 is 0. The van der Waals surface area contributed by atoms with Gasteiger partial charge >= 0.3 is 0 Å². The largest absolute Gasteiger partial charge is 0.456 e. The maximum Gasteiger partial charge on any atom is 0.143 e. The van der Waals surface area contributed by atoms with Crippen LogP contribution in [0.2, 0.25) is 0 Å². The van der Waals surface area contributed by atoms with Gasteiger partial charge in [-0.05, 0) is 101 Å². The number of hydrogen-bond acceptors (Lipinski definition) is 4. The minimum absolute atomic E-state index is 0.0740. The van der Waals surface area contributed by atoms with E-state index in [1.54, 1.807) is 0 Å². The van der Waals surface area contributed by atoms with Crippen molar-refractivity contribution >= 4 is 71.4 Å². The normalized spacial score (nSPS) is 15.7. The van der Waals surface area contributed by atoms with Crippen molar-refractivity contribution in [3.63, 3.8) is 0 Å². The lowest BCUT2D eigenvalue weighted by molar-refractivity contribution is 0.433. The Hall–Kier alpha value is -8.12. The number of nitrogens with zero attached hydrogens (tertiary/aromatic N) is 1. The summed E-state index contributed by atoms with van der Waals surface area (Å²) in [6, 6.07) is 73.9. The second kappa shape index (κ2) is 15.0. The molecule has 65 heavy (non-hydrogen) atoms. The Morgan fingerprint density at radius 3 is 1.95 bits per heavy atom. The molecule has 1 aliphatic heterocycles. The fourth-order valence-corrected chi connectivity index (χ4v) is 10.4. The lowest BCUT2D eigenvalue weighted by atomic mass is 9.96. The second-order valence-electron chi connectivity index (χ2n) is 17.4. The third-order valence-corrected chi connectivity index (χ3v) is 13.5. The molecule has 310 valence electrons. The van der Waals surface area contributed by atoms with Crippen LogP contribution in [-0.2, 0) is 0 Å². The molecule has 0 spiro atoms. The first-order valence-corrected chi connectivity index (χ1v) is 22.5. The highest BCUT2D eigenvalue weighted by atomic mass is 16.3. The number of nitrogens with one attached hydrogen (secondary N) is 2. The molecule has 0 amide bonds. The van der Waals surface area contributed by atoms with E-state index in [-0.39, 0.29) is 12.2 Å². The van der Waals surface area contributed by atoms with E-state index in [4.69, 9.17) is 8.83 Å². The summed E-state index contributed by atoms with van der Waals surface area (Å²) in [4.78, 5) is 0. The van der Waals surface area contributed by atoms with Gasteiger partial charge in [0.25, 0.3) is 0 Å². The molecular formula is C60H43N3O2. The Morgan fingerprint density at radius 2 is 1.11 bits per heavy atom. The maximum absolute atomic E-state index is 6.66. The first-order chi connectivity index (χ1) is 32.1. The first kappa shape index (κ1) is 37.4. The Labute approximate surface area is 375 Å². The van der Waals surface area contributed by atoms with Crippen molar-refractivity contribution in [3.8, 4) is 27.9 Å². The summed E-state index contributed by atoms with van der Waals surface area (Å²) in [7, 11) is 0. The van der Waals surface area contributed by atoms with Crippen LogP contribution < -0.4 is 10.6 Å². The summed E-state index contributed by atoms with van der Waals surface area (Å²) in [5.41, 5.74) is 17.6. The molecule has 0 fully saturated rings. The minimum atomic E-state index is -0.231. The van der Waals surface area contributed by atoms with Crippen LogP contribution >= 0.6 is 0 Å². The number of hydrogen-bond donors (Lipinski definition) is 2. The van der Waals surface area contributed by atoms with Crippen molar-refractivity contribution in [2.45, 2.75) is 25.6 Å². The molecule has 5 heteroatoms. The number of benzene rings is 9. The Bertz CT molecular complexity index is 3820. The van der Waals surface area contributed by atoms with Crippen LogP contribution in [0.1, 0.15) is 42.2 Å². The fourth-order valence-electron chi connectivity index (χ4n) is 10.4. The van der Waals surface area contributed by atoms with E-state index in [0.717, 1.165) is 95.1 Å². The van der Waals surface area contributed by atoms with Crippen LogP contribution in [0.4, 0.5) is 0 Å². The quantitative estimate of drug-likeness (QED) is 0.175. The SMILES string of the molecule is CC1=C(c2ccc(-c3cccc4c3oc3ccccc34)cc2)NC(c2cccc3oc4ccc(-c5ccc6c(c5)c5ccccc5n6-c5ccccc5)cc4c23)NC(c2ccccc2)C1. The predicted molar refractivity (Wildman–Crippen MR) is 268 cm³/mol. The van der Waals surface area contributed by atoms with Crippen molar-refractivity contribution in [3.05, 3.63) is 229 Å². The van der Waals surface area contributed by atoms with Gasteiger partial charge in [0.05, 0.1) is 11.0 Å². The van der Waals surface area contributed by atoms with Crippen molar-refractivity contribution in [1.82, 2.24) is 15.2 Å². The summed E-state index contributed by atoms with van der Waals surface area (Å²) in [6.45, 7) is 2.26. The molecule has 3 aromatic heterocycles. The van der Waals surface area contributed by atoms with Gasteiger partial charge in [0.15, 0.2) is 0 Å². The van der Waals surface area contributed by atoms with Gasteiger partial charge < -0.3 is 18.7 Å². The summed E-state index contributed by atoms with van der Waals surface area (Å²) in [5, 5.41) is 15.1. The zero-order chi connectivity index (χ0) is 43.0. The van der Waals surface area contributed by atoms with Crippen LogP contribution in [0, 0.1) is 0 Å². The van der Waals surface area contributed by atoms with Crippen molar-refractivity contribution < 1.29 is 8.83 Å². The topological polar surface area (TPSA) is 55.3 Å². The highest BCUT2D eigenvalue weighted by molar-refractivity contribution is 6.12. The monoisotopic (exact) mass is 837 g/mol. The molecule has 5 nitrogen and oxygen atoms in total. The molecule has 0 saturated carbocycles. The van der Waals surface area contributed by atoms with Gasteiger partial charge in [0.1, 0.15) is 28.5 Å². The number of fused-ring (bicyclic) bond motifs is 9. The molecule has 4 heterocycles. The third kappa shape index (κ3) is 6.19. The molecule has 0 bridgehead atoms. The highest BCUT2D eigenvalue weighted by Gasteiger charge is 2.28. The number of furan rings is 2.